The van der Waals surface area contributed by atoms with Crippen molar-refractivity contribution in [2.45, 2.75) is 322 Å². The van der Waals surface area contributed by atoms with Crippen molar-refractivity contribution in [1.82, 2.24) is 0 Å². The van der Waals surface area contributed by atoms with E-state index in [0.717, 1.165) is 70.6 Å². The van der Waals surface area contributed by atoms with Gasteiger partial charge in [-0.1, -0.05) is 276 Å². The van der Waals surface area contributed by atoms with Crippen LogP contribution in [0.5, 0.6) is 0 Å². The van der Waals surface area contributed by atoms with Crippen LogP contribution in [0, 0.1) is 0 Å². The van der Waals surface area contributed by atoms with E-state index in [0.29, 0.717) is 19.3 Å². The molecule has 0 aromatic carbocycles. The quantitative estimate of drug-likeness (QED) is 0.0262. The van der Waals surface area contributed by atoms with Crippen molar-refractivity contribution >= 4 is 17.9 Å². The van der Waals surface area contributed by atoms with Crippen molar-refractivity contribution < 1.29 is 28.6 Å². The van der Waals surface area contributed by atoms with E-state index in [1.165, 1.54) is 205 Å². The summed E-state index contributed by atoms with van der Waals surface area (Å²) in [6, 6.07) is 0. The summed E-state index contributed by atoms with van der Waals surface area (Å²) in [6.45, 7) is 6.63. The fourth-order valence-corrected chi connectivity index (χ4v) is 8.69. The Bertz CT molecular complexity index is 1130. The Morgan fingerprint density at radius 3 is 0.866 bits per heavy atom. The molecule has 0 aromatic rings. The molecule has 0 unspecified atom stereocenters. The molecular formula is C61H112O6. The first-order valence-corrected chi connectivity index (χ1v) is 29.5. The highest BCUT2D eigenvalue weighted by Gasteiger charge is 2.19. The van der Waals surface area contributed by atoms with Gasteiger partial charge in [0, 0.05) is 19.3 Å². The van der Waals surface area contributed by atoms with Crippen molar-refractivity contribution in [3.05, 3.63) is 36.5 Å². The highest BCUT2D eigenvalue weighted by Crippen LogP contribution is 2.17. The Balaban J connectivity index is 4.37. The first-order chi connectivity index (χ1) is 33.0. The average molecular weight is 942 g/mol. The summed E-state index contributed by atoms with van der Waals surface area (Å²) in [4.78, 5) is 38.2. The Kier molecular flexibility index (Phi) is 54.2. The number of esters is 3. The molecule has 0 saturated carbocycles. The van der Waals surface area contributed by atoms with Gasteiger partial charge in [0.25, 0.3) is 0 Å². The topological polar surface area (TPSA) is 78.9 Å². The van der Waals surface area contributed by atoms with Crippen molar-refractivity contribution in [1.29, 1.82) is 0 Å². The molecule has 0 aromatic heterocycles. The van der Waals surface area contributed by atoms with E-state index in [9.17, 15) is 14.4 Å². The minimum atomic E-state index is -0.783. The molecule has 0 heterocycles. The van der Waals surface area contributed by atoms with E-state index >= 15 is 0 Å². The zero-order valence-corrected chi connectivity index (χ0v) is 44.9. The molecule has 0 rings (SSSR count). The van der Waals surface area contributed by atoms with Gasteiger partial charge in [0.05, 0.1) is 0 Å². The lowest BCUT2D eigenvalue weighted by Crippen LogP contribution is -2.30. The third-order valence-corrected chi connectivity index (χ3v) is 13.1. The first-order valence-electron chi connectivity index (χ1n) is 29.5. The summed E-state index contributed by atoms with van der Waals surface area (Å²) in [7, 11) is 0. The standard InChI is InChI=1S/C61H112O6/c1-4-7-10-13-16-19-22-25-28-30-33-36-39-42-45-48-51-54-60(63)66-57-58(56-65-59(62)53-50-47-44-41-38-35-32-27-24-21-18-15-12-9-6-3)67-61(64)55-52-49-46-43-40-37-34-31-29-26-23-20-17-14-11-8-5-2/h18,21,27,32,38,41,58H,4-17,19-20,22-26,28-31,33-37,39-40,42-57H2,1-3H3/b21-18-,32-27-,41-38-/t58-/m1/s1. The van der Waals surface area contributed by atoms with Gasteiger partial charge in [0.2, 0.25) is 0 Å². The van der Waals surface area contributed by atoms with Crippen LogP contribution in [0.25, 0.3) is 0 Å². The average Bonchev–Trinajstić information content (AvgIpc) is 3.33. The maximum absolute atomic E-state index is 12.9. The van der Waals surface area contributed by atoms with Crippen molar-refractivity contribution in [3.63, 3.8) is 0 Å². The first kappa shape index (κ1) is 64.6. The number of unbranched alkanes of at least 4 members (excludes halogenated alkanes) is 37. The van der Waals surface area contributed by atoms with Crippen LogP contribution < -0.4 is 0 Å². The maximum Gasteiger partial charge on any atom is 0.306 e. The summed E-state index contributed by atoms with van der Waals surface area (Å²) in [5, 5.41) is 0. The van der Waals surface area contributed by atoms with Crippen LogP contribution in [0.4, 0.5) is 0 Å². The highest BCUT2D eigenvalue weighted by molar-refractivity contribution is 5.71. The Labute approximate surface area is 416 Å². The van der Waals surface area contributed by atoms with E-state index in [-0.39, 0.29) is 31.1 Å². The minimum Gasteiger partial charge on any atom is -0.462 e. The molecule has 0 bridgehead atoms. The van der Waals surface area contributed by atoms with E-state index in [1.807, 2.05) is 0 Å². The van der Waals surface area contributed by atoms with Crippen LogP contribution in [0.1, 0.15) is 316 Å². The van der Waals surface area contributed by atoms with Crippen molar-refractivity contribution in [2.24, 2.45) is 0 Å². The predicted octanol–water partition coefficient (Wildman–Crippen LogP) is 19.7. The molecule has 392 valence electrons. The molecule has 1 atom stereocenters. The molecule has 6 nitrogen and oxygen atoms in total. The third-order valence-electron chi connectivity index (χ3n) is 13.1. The molecule has 0 spiro atoms. The van der Waals surface area contributed by atoms with Crippen LogP contribution in [0.3, 0.4) is 0 Å². The monoisotopic (exact) mass is 941 g/mol. The Morgan fingerprint density at radius 1 is 0.299 bits per heavy atom. The van der Waals surface area contributed by atoms with Crippen LogP contribution in [0.2, 0.25) is 0 Å². The molecule has 0 saturated heterocycles. The van der Waals surface area contributed by atoms with Crippen molar-refractivity contribution in [3.8, 4) is 0 Å². The van der Waals surface area contributed by atoms with Crippen molar-refractivity contribution in [2.75, 3.05) is 13.2 Å². The Hall–Kier alpha value is -2.37. The zero-order chi connectivity index (χ0) is 48.6. The van der Waals surface area contributed by atoms with E-state index in [4.69, 9.17) is 14.2 Å². The lowest BCUT2D eigenvalue weighted by Gasteiger charge is -2.18. The highest BCUT2D eigenvalue weighted by atomic mass is 16.6. The number of rotatable bonds is 54. The largest absolute Gasteiger partial charge is 0.462 e. The molecule has 67 heavy (non-hydrogen) atoms. The summed E-state index contributed by atoms with van der Waals surface area (Å²) < 4.78 is 16.9. The lowest BCUT2D eigenvalue weighted by atomic mass is 10.0. The number of allylic oxidation sites excluding steroid dienone is 6. The third kappa shape index (κ3) is 54.4. The number of hydrogen-bond donors (Lipinski definition) is 0. The van der Waals surface area contributed by atoms with Gasteiger partial charge in [-0.15, -0.1) is 0 Å². The van der Waals surface area contributed by atoms with Gasteiger partial charge < -0.3 is 14.2 Å². The van der Waals surface area contributed by atoms with Gasteiger partial charge in [-0.3, -0.25) is 14.4 Å². The van der Waals surface area contributed by atoms with Crippen LogP contribution in [-0.2, 0) is 28.6 Å². The smallest absolute Gasteiger partial charge is 0.306 e. The number of hydrogen-bond acceptors (Lipinski definition) is 6. The summed E-state index contributed by atoms with van der Waals surface area (Å²) in [5.74, 6) is -0.898. The van der Waals surface area contributed by atoms with E-state index in [1.54, 1.807) is 0 Å². The fourth-order valence-electron chi connectivity index (χ4n) is 8.69. The second-order valence-corrected chi connectivity index (χ2v) is 19.9. The van der Waals surface area contributed by atoms with E-state index < -0.39 is 6.10 Å². The lowest BCUT2D eigenvalue weighted by molar-refractivity contribution is -0.167. The van der Waals surface area contributed by atoms with Crippen LogP contribution >= 0.6 is 0 Å². The molecule has 6 heteroatoms. The van der Waals surface area contributed by atoms with E-state index in [2.05, 4.69) is 57.2 Å². The summed E-state index contributed by atoms with van der Waals surface area (Å²) in [6.07, 6.45) is 67.1. The second-order valence-electron chi connectivity index (χ2n) is 19.9. The molecule has 0 aliphatic rings. The fraction of sp³-hybridized carbons (Fsp3) is 0.852. The maximum atomic E-state index is 12.9. The van der Waals surface area contributed by atoms with Gasteiger partial charge in [0.15, 0.2) is 6.10 Å². The van der Waals surface area contributed by atoms with Gasteiger partial charge in [0.1, 0.15) is 13.2 Å². The molecule has 0 fully saturated rings. The summed E-state index contributed by atoms with van der Waals surface area (Å²) in [5.41, 5.74) is 0. The van der Waals surface area contributed by atoms with Gasteiger partial charge in [-0.05, 0) is 57.8 Å². The van der Waals surface area contributed by atoms with Gasteiger partial charge in [-0.25, -0.2) is 0 Å². The number of ether oxygens (including phenoxy) is 3. The molecular weight excluding hydrogens is 829 g/mol. The number of carbonyl (C=O) groups is 3. The molecule has 0 aliphatic carbocycles. The molecule has 0 amide bonds. The second kappa shape index (κ2) is 56.2. The van der Waals surface area contributed by atoms with Crippen LogP contribution in [-0.4, -0.2) is 37.2 Å². The SMILES string of the molecule is CCCCC/C=C\C/C=C\C/C=C\CCCCC(=O)OC[C@H](COC(=O)CCCCCCCCCCCCCCCCCCC)OC(=O)CCCCCCCCCCCCCCCCCCC. The normalized spacial score (nSPS) is 12.2. The molecule has 0 aliphatic heterocycles. The van der Waals surface area contributed by atoms with Gasteiger partial charge in [-0.2, -0.15) is 0 Å². The minimum absolute atomic E-state index is 0.0790. The Morgan fingerprint density at radius 2 is 0.537 bits per heavy atom. The number of carbonyl (C=O) groups excluding carboxylic acids is 3. The molecule has 0 N–H and O–H groups in total. The zero-order valence-electron chi connectivity index (χ0n) is 44.9. The van der Waals surface area contributed by atoms with Gasteiger partial charge >= 0.3 is 17.9 Å². The van der Waals surface area contributed by atoms with Crippen LogP contribution in [0.15, 0.2) is 36.5 Å². The predicted molar refractivity (Wildman–Crippen MR) is 289 cm³/mol. The summed E-state index contributed by atoms with van der Waals surface area (Å²) >= 11 is 0. The molecule has 0 radical (unpaired) electrons.